The number of aliphatic hydroxyl groups is 1. The summed E-state index contributed by atoms with van der Waals surface area (Å²) in [6, 6.07) is 16.2. The number of hydrogen-bond donors (Lipinski definition) is 1. The number of carbonyl (C=O) groups excluding carboxylic acids is 2. The van der Waals surface area contributed by atoms with Crippen LogP contribution in [0.3, 0.4) is 0 Å². The number of ketones is 1. The summed E-state index contributed by atoms with van der Waals surface area (Å²) in [5.41, 5.74) is 1.39. The van der Waals surface area contributed by atoms with Crippen molar-refractivity contribution in [1.29, 1.82) is 0 Å². The lowest BCUT2D eigenvalue weighted by molar-refractivity contribution is -0.140. The van der Waals surface area contributed by atoms with Crippen molar-refractivity contribution in [1.82, 2.24) is 9.88 Å². The molecule has 1 amide bonds. The van der Waals surface area contributed by atoms with E-state index in [1.54, 1.807) is 60.8 Å². The van der Waals surface area contributed by atoms with Crippen LogP contribution in [-0.4, -0.2) is 26.7 Å². The summed E-state index contributed by atoms with van der Waals surface area (Å²) >= 11 is 5.91. The summed E-state index contributed by atoms with van der Waals surface area (Å²) in [7, 11) is 0. The van der Waals surface area contributed by atoms with Crippen molar-refractivity contribution < 1.29 is 19.1 Å². The van der Waals surface area contributed by atoms with Gasteiger partial charge < -0.3 is 10.0 Å². The summed E-state index contributed by atoms with van der Waals surface area (Å²) in [6.07, 6.45) is 1.55. The first-order valence-corrected chi connectivity index (χ1v) is 9.53. The maximum Gasteiger partial charge on any atom is 0.296 e. The topological polar surface area (TPSA) is 70.5 Å². The Labute approximate surface area is 177 Å². The third-order valence-electron chi connectivity index (χ3n) is 4.89. The smallest absolute Gasteiger partial charge is 0.296 e. The molecule has 0 spiro atoms. The number of aliphatic hydroxyl groups excluding tert-OH is 1. The van der Waals surface area contributed by atoms with E-state index in [0.29, 0.717) is 21.8 Å². The summed E-state index contributed by atoms with van der Waals surface area (Å²) in [5.74, 6) is -2.27. The average Bonchev–Trinajstić information content (AvgIpc) is 3.01. The monoisotopic (exact) mass is 422 g/mol. The third-order valence-corrected chi connectivity index (χ3v) is 5.14. The molecule has 3 aromatic rings. The van der Waals surface area contributed by atoms with Gasteiger partial charge in [-0.3, -0.25) is 14.6 Å². The molecule has 4 rings (SSSR count). The highest BCUT2D eigenvalue weighted by atomic mass is 35.5. The number of pyridine rings is 1. The number of hydrogen-bond acceptors (Lipinski definition) is 4. The minimum Gasteiger partial charge on any atom is -0.507 e. The van der Waals surface area contributed by atoms with Gasteiger partial charge in [0, 0.05) is 23.3 Å². The van der Waals surface area contributed by atoms with E-state index < -0.39 is 23.5 Å². The van der Waals surface area contributed by atoms with E-state index in [9.17, 15) is 19.1 Å². The molecule has 1 aliphatic rings. The van der Waals surface area contributed by atoms with Crippen LogP contribution in [0.25, 0.3) is 5.76 Å². The fourth-order valence-corrected chi connectivity index (χ4v) is 3.56. The number of carbonyl (C=O) groups is 2. The number of aromatic nitrogens is 1. The lowest BCUT2D eigenvalue weighted by Gasteiger charge is -2.24. The zero-order chi connectivity index (χ0) is 21.3. The van der Waals surface area contributed by atoms with E-state index in [1.165, 1.54) is 17.0 Å². The lowest BCUT2D eigenvalue weighted by atomic mass is 9.98. The minimum atomic E-state index is -0.882. The first-order valence-electron chi connectivity index (χ1n) is 9.15. The van der Waals surface area contributed by atoms with Crippen LogP contribution in [0.15, 0.2) is 78.5 Å². The molecule has 1 fully saturated rings. The molecule has 1 N–H and O–H groups in total. The summed E-state index contributed by atoms with van der Waals surface area (Å²) < 4.78 is 13.3. The molecule has 5 nitrogen and oxygen atoms in total. The van der Waals surface area contributed by atoms with Gasteiger partial charge in [-0.1, -0.05) is 29.8 Å². The molecule has 1 aliphatic heterocycles. The standard InChI is InChI=1S/C23H16ClFN2O3/c24-16-8-6-15(7-9-16)21(28)19-20(18-3-1-2-12-26-18)27(23(30)22(19)29)13-14-4-10-17(25)11-5-14/h1-12,20,28H,13H2/b21-19-. The maximum atomic E-state index is 13.3. The predicted molar refractivity (Wildman–Crippen MR) is 110 cm³/mol. The molecule has 0 aliphatic carbocycles. The second-order valence-corrected chi connectivity index (χ2v) is 7.25. The van der Waals surface area contributed by atoms with Crippen molar-refractivity contribution in [3.63, 3.8) is 0 Å². The lowest BCUT2D eigenvalue weighted by Crippen LogP contribution is -2.29. The zero-order valence-corrected chi connectivity index (χ0v) is 16.4. The molecule has 1 unspecified atom stereocenters. The molecule has 0 radical (unpaired) electrons. The van der Waals surface area contributed by atoms with Crippen LogP contribution < -0.4 is 0 Å². The summed E-state index contributed by atoms with van der Waals surface area (Å²) in [4.78, 5) is 31.4. The summed E-state index contributed by atoms with van der Waals surface area (Å²) in [5, 5.41) is 11.4. The fourth-order valence-electron chi connectivity index (χ4n) is 3.44. The number of rotatable bonds is 4. The Morgan fingerprint density at radius 3 is 2.37 bits per heavy atom. The predicted octanol–water partition coefficient (Wildman–Crippen LogP) is 4.50. The minimum absolute atomic E-state index is 0.0527. The Hall–Kier alpha value is -3.51. The Morgan fingerprint density at radius 2 is 1.73 bits per heavy atom. The van der Waals surface area contributed by atoms with Gasteiger partial charge in [0.05, 0.1) is 11.3 Å². The van der Waals surface area contributed by atoms with E-state index in [2.05, 4.69) is 4.98 Å². The van der Waals surface area contributed by atoms with Gasteiger partial charge in [0.1, 0.15) is 17.6 Å². The van der Waals surface area contributed by atoms with E-state index in [-0.39, 0.29) is 17.9 Å². The first kappa shape index (κ1) is 19.8. The van der Waals surface area contributed by atoms with Crippen LogP contribution in [0.5, 0.6) is 0 Å². The number of Topliss-reactive ketones (excluding diaryl/α,β-unsaturated/α-hetero) is 1. The number of likely N-dealkylation sites (tertiary alicyclic amines) is 1. The Bertz CT molecular complexity index is 1130. The molecule has 2 heterocycles. The maximum absolute atomic E-state index is 13.3. The first-order chi connectivity index (χ1) is 14.5. The molecule has 0 saturated carbocycles. The van der Waals surface area contributed by atoms with Crippen molar-refractivity contribution in [3.05, 3.63) is 106 Å². The fraction of sp³-hybridized carbons (Fsp3) is 0.0870. The van der Waals surface area contributed by atoms with Crippen molar-refractivity contribution in [3.8, 4) is 0 Å². The zero-order valence-electron chi connectivity index (χ0n) is 15.6. The molecule has 30 heavy (non-hydrogen) atoms. The molecule has 1 saturated heterocycles. The van der Waals surface area contributed by atoms with Crippen molar-refractivity contribution in [2.24, 2.45) is 0 Å². The van der Waals surface area contributed by atoms with Crippen LogP contribution in [0, 0.1) is 5.82 Å². The number of nitrogens with zero attached hydrogens (tertiary/aromatic N) is 2. The molecule has 7 heteroatoms. The van der Waals surface area contributed by atoms with Gasteiger partial charge in [0.25, 0.3) is 11.7 Å². The Balaban J connectivity index is 1.83. The second-order valence-electron chi connectivity index (χ2n) is 6.81. The van der Waals surface area contributed by atoms with Gasteiger partial charge in [0.15, 0.2) is 0 Å². The molecule has 2 aromatic carbocycles. The van der Waals surface area contributed by atoms with Gasteiger partial charge in [-0.15, -0.1) is 0 Å². The van der Waals surface area contributed by atoms with E-state index >= 15 is 0 Å². The molecule has 150 valence electrons. The quantitative estimate of drug-likeness (QED) is 0.382. The SMILES string of the molecule is O=C1C(=O)N(Cc2ccc(F)cc2)C(c2ccccn2)/C1=C(/O)c1ccc(Cl)cc1. The van der Waals surface area contributed by atoms with Crippen LogP contribution in [-0.2, 0) is 16.1 Å². The van der Waals surface area contributed by atoms with Gasteiger partial charge in [-0.25, -0.2) is 4.39 Å². The van der Waals surface area contributed by atoms with Crippen LogP contribution in [0.2, 0.25) is 5.02 Å². The van der Waals surface area contributed by atoms with Crippen LogP contribution in [0.1, 0.15) is 22.9 Å². The van der Waals surface area contributed by atoms with Crippen LogP contribution in [0.4, 0.5) is 4.39 Å². The highest BCUT2D eigenvalue weighted by molar-refractivity contribution is 6.46. The van der Waals surface area contributed by atoms with Gasteiger partial charge >= 0.3 is 0 Å². The molecule has 1 aromatic heterocycles. The van der Waals surface area contributed by atoms with Crippen molar-refractivity contribution >= 4 is 29.1 Å². The Kier molecular flexibility index (Phi) is 5.33. The van der Waals surface area contributed by atoms with Gasteiger partial charge in [-0.05, 0) is 54.1 Å². The van der Waals surface area contributed by atoms with Gasteiger partial charge in [-0.2, -0.15) is 0 Å². The van der Waals surface area contributed by atoms with E-state index in [1.807, 2.05) is 0 Å². The average molecular weight is 423 g/mol. The van der Waals surface area contributed by atoms with Crippen LogP contribution >= 0.6 is 11.6 Å². The molecular weight excluding hydrogens is 407 g/mol. The van der Waals surface area contributed by atoms with Crippen molar-refractivity contribution in [2.45, 2.75) is 12.6 Å². The molecule has 1 atom stereocenters. The summed E-state index contributed by atoms with van der Waals surface area (Å²) in [6.45, 7) is 0.0590. The van der Waals surface area contributed by atoms with E-state index in [4.69, 9.17) is 11.6 Å². The number of benzene rings is 2. The third kappa shape index (κ3) is 3.69. The van der Waals surface area contributed by atoms with Gasteiger partial charge in [0.2, 0.25) is 0 Å². The van der Waals surface area contributed by atoms with E-state index in [0.717, 1.165) is 0 Å². The number of halogens is 2. The highest BCUT2D eigenvalue weighted by Crippen LogP contribution is 2.39. The Morgan fingerprint density at radius 1 is 1.03 bits per heavy atom. The molecule has 0 bridgehead atoms. The largest absolute Gasteiger partial charge is 0.507 e. The molecular formula is C23H16ClFN2O3. The normalized spacial score (nSPS) is 18.1. The van der Waals surface area contributed by atoms with Crippen molar-refractivity contribution in [2.75, 3.05) is 0 Å². The number of amides is 1. The second kappa shape index (κ2) is 8.08. The highest BCUT2D eigenvalue weighted by Gasteiger charge is 2.46.